The topological polar surface area (TPSA) is 68.8 Å². The highest BCUT2D eigenvalue weighted by Crippen LogP contribution is 2.14. The second-order valence-corrected chi connectivity index (χ2v) is 3.71. The van der Waals surface area contributed by atoms with Crippen molar-refractivity contribution in [2.45, 2.75) is 19.5 Å². The van der Waals surface area contributed by atoms with Crippen LogP contribution in [0.4, 0.5) is 11.5 Å². The maximum absolute atomic E-state index is 5.75. The lowest BCUT2D eigenvalue weighted by atomic mass is 10.3. The molecule has 0 amide bonds. The van der Waals surface area contributed by atoms with E-state index in [2.05, 4.69) is 22.3 Å². The van der Waals surface area contributed by atoms with E-state index in [4.69, 9.17) is 5.73 Å². The lowest BCUT2D eigenvalue weighted by Gasteiger charge is -2.16. The number of nitrogen functional groups attached to an aromatic ring is 1. The molecule has 1 atom stereocenters. The molecule has 0 fully saturated rings. The van der Waals surface area contributed by atoms with E-state index in [1.807, 2.05) is 29.1 Å². The van der Waals surface area contributed by atoms with E-state index in [0.717, 1.165) is 12.2 Å². The molecular formula is C11H15N5. The van der Waals surface area contributed by atoms with Crippen LogP contribution in [0.3, 0.4) is 0 Å². The molecule has 2 rings (SSSR count). The van der Waals surface area contributed by atoms with Crippen molar-refractivity contribution >= 4 is 11.5 Å². The summed E-state index contributed by atoms with van der Waals surface area (Å²) in [4.78, 5) is 4.02. The van der Waals surface area contributed by atoms with Crippen molar-refractivity contribution in [1.82, 2.24) is 14.8 Å². The highest BCUT2D eigenvalue weighted by atomic mass is 15.3. The zero-order valence-corrected chi connectivity index (χ0v) is 9.17. The predicted octanol–water partition coefficient (Wildman–Crippen LogP) is 1.36. The Morgan fingerprint density at radius 2 is 2.31 bits per heavy atom. The number of aromatic nitrogens is 3. The summed E-state index contributed by atoms with van der Waals surface area (Å²) in [5, 5.41) is 7.45. The molecule has 0 spiro atoms. The molecule has 0 aliphatic heterocycles. The summed E-state index contributed by atoms with van der Waals surface area (Å²) in [6.07, 6.45) is 5.38. The van der Waals surface area contributed by atoms with Gasteiger partial charge in [-0.15, -0.1) is 0 Å². The van der Waals surface area contributed by atoms with Gasteiger partial charge < -0.3 is 11.1 Å². The van der Waals surface area contributed by atoms with Gasteiger partial charge in [0.15, 0.2) is 0 Å². The van der Waals surface area contributed by atoms with Gasteiger partial charge in [0.25, 0.3) is 0 Å². The Hall–Kier alpha value is -2.04. The van der Waals surface area contributed by atoms with E-state index < -0.39 is 0 Å². The van der Waals surface area contributed by atoms with Gasteiger partial charge in [0, 0.05) is 24.6 Å². The maximum atomic E-state index is 5.75. The van der Waals surface area contributed by atoms with E-state index >= 15 is 0 Å². The van der Waals surface area contributed by atoms with Crippen molar-refractivity contribution in [3.05, 3.63) is 36.8 Å². The Labute approximate surface area is 94.3 Å². The van der Waals surface area contributed by atoms with Gasteiger partial charge in [-0.25, -0.2) is 4.98 Å². The Balaban J connectivity index is 1.97. The molecule has 84 valence electrons. The van der Waals surface area contributed by atoms with Crippen LogP contribution in [-0.2, 0) is 6.54 Å². The van der Waals surface area contributed by atoms with Crippen molar-refractivity contribution in [3.63, 3.8) is 0 Å². The molecule has 0 radical (unpaired) electrons. The Morgan fingerprint density at radius 1 is 1.44 bits per heavy atom. The average molecular weight is 217 g/mol. The number of rotatable bonds is 4. The first-order valence-corrected chi connectivity index (χ1v) is 5.20. The van der Waals surface area contributed by atoms with Gasteiger partial charge >= 0.3 is 0 Å². The molecule has 1 unspecified atom stereocenters. The van der Waals surface area contributed by atoms with E-state index in [0.29, 0.717) is 5.82 Å². The SMILES string of the molecule is CC(Cn1cccn1)Nc1cccnc1N. The molecule has 0 saturated heterocycles. The summed E-state index contributed by atoms with van der Waals surface area (Å²) in [6, 6.07) is 5.93. The highest BCUT2D eigenvalue weighted by Gasteiger charge is 2.05. The van der Waals surface area contributed by atoms with Crippen molar-refractivity contribution < 1.29 is 0 Å². The van der Waals surface area contributed by atoms with Crippen molar-refractivity contribution in [3.8, 4) is 0 Å². The molecule has 16 heavy (non-hydrogen) atoms. The molecule has 0 aliphatic carbocycles. The van der Waals surface area contributed by atoms with E-state index in [1.165, 1.54) is 0 Å². The molecular weight excluding hydrogens is 202 g/mol. The predicted molar refractivity (Wildman–Crippen MR) is 64.0 cm³/mol. The molecule has 0 aromatic carbocycles. The van der Waals surface area contributed by atoms with Crippen molar-refractivity contribution in [2.75, 3.05) is 11.1 Å². The van der Waals surface area contributed by atoms with E-state index in [1.54, 1.807) is 12.4 Å². The number of nitrogens with one attached hydrogen (secondary N) is 1. The fourth-order valence-corrected chi connectivity index (χ4v) is 1.54. The molecule has 5 nitrogen and oxygen atoms in total. The number of nitrogens with zero attached hydrogens (tertiary/aromatic N) is 3. The Kier molecular flexibility index (Phi) is 3.05. The van der Waals surface area contributed by atoms with Crippen LogP contribution in [0.5, 0.6) is 0 Å². The van der Waals surface area contributed by atoms with Gasteiger partial charge in [0.1, 0.15) is 5.82 Å². The third-order valence-corrected chi connectivity index (χ3v) is 2.26. The van der Waals surface area contributed by atoms with Crippen LogP contribution in [-0.4, -0.2) is 20.8 Å². The molecule has 2 heterocycles. The van der Waals surface area contributed by atoms with Crippen LogP contribution < -0.4 is 11.1 Å². The zero-order valence-electron chi connectivity index (χ0n) is 9.17. The van der Waals surface area contributed by atoms with Crippen LogP contribution in [0.2, 0.25) is 0 Å². The number of pyridine rings is 1. The first-order chi connectivity index (χ1) is 7.75. The van der Waals surface area contributed by atoms with Gasteiger partial charge in [-0.05, 0) is 25.1 Å². The van der Waals surface area contributed by atoms with Crippen LogP contribution in [0, 0.1) is 0 Å². The summed E-state index contributed by atoms with van der Waals surface area (Å²) in [5.41, 5.74) is 6.61. The lowest BCUT2D eigenvalue weighted by molar-refractivity contribution is 0.561. The fraction of sp³-hybridized carbons (Fsp3) is 0.273. The molecule has 0 bridgehead atoms. The van der Waals surface area contributed by atoms with Crippen LogP contribution in [0.15, 0.2) is 36.8 Å². The highest BCUT2D eigenvalue weighted by molar-refractivity contribution is 5.61. The van der Waals surface area contributed by atoms with Crippen LogP contribution in [0.25, 0.3) is 0 Å². The minimum atomic E-state index is 0.242. The molecule has 3 N–H and O–H groups in total. The minimum absolute atomic E-state index is 0.242. The first-order valence-electron chi connectivity index (χ1n) is 5.20. The maximum Gasteiger partial charge on any atom is 0.146 e. The summed E-state index contributed by atoms with van der Waals surface area (Å²) in [5.74, 6) is 0.523. The fourth-order valence-electron chi connectivity index (χ4n) is 1.54. The van der Waals surface area contributed by atoms with Gasteiger partial charge in [0.05, 0.1) is 12.2 Å². The van der Waals surface area contributed by atoms with Crippen molar-refractivity contribution in [2.24, 2.45) is 0 Å². The van der Waals surface area contributed by atoms with Crippen LogP contribution in [0.1, 0.15) is 6.92 Å². The van der Waals surface area contributed by atoms with E-state index in [9.17, 15) is 0 Å². The third-order valence-electron chi connectivity index (χ3n) is 2.26. The van der Waals surface area contributed by atoms with Gasteiger partial charge in [-0.1, -0.05) is 0 Å². The summed E-state index contributed by atoms with van der Waals surface area (Å²) in [6.45, 7) is 2.87. The molecule has 5 heteroatoms. The number of nitrogens with two attached hydrogens (primary N) is 1. The van der Waals surface area contributed by atoms with Crippen molar-refractivity contribution in [1.29, 1.82) is 0 Å². The lowest BCUT2D eigenvalue weighted by Crippen LogP contribution is -2.22. The summed E-state index contributed by atoms with van der Waals surface area (Å²) in [7, 11) is 0. The average Bonchev–Trinajstić information content (AvgIpc) is 2.74. The Bertz CT molecular complexity index is 437. The van der Waals surface area contributed by atoms with Gasteiger partial charge in [-0.2, -0.15) is 5.10 Å². The van der Waals surface area contributed by atoms with Gasteiger partial charge in [-0.3, -0.25) is 4.68 Å². The van der Waals surface area contributed by atoms with Gasteiger partial charge in [0.2, 0.25) is 0 Å². The number of hydrogen-bond donors (Lipinski definition) is 2. The quantitative estimate of drug-likeness (QED) is 0.811. The number of hydrogen-bond acceptors (Lipinski definition) is 4. The zero-order chi connectivity index (χ0) is 11.4. The molecule has 2 aromatic heterocycles. The standard InChI is InChI=1S/C11H15N5/c1-9(8-16-7-3-6-14-16)15-10-4-2-5-13-11(10)12/h2-7,9,15H,8H2,1H3,(H2,12,13). The van der Waals surface area contributed by atoms with Crippen LogP contribution >= 0.6 is 0 Å². The second-order valence-electron chi connectivity index (χ2n) is 3.71. The Morgan fingerprint density at radius 3 is 3.00 bits per heavy atom. The second kappa shape index (κ2) is 4.65. The third kappa shape index (κ3) is 2.50. The molecule has 2 aromatic rings. The minimum Gasteiger partial charge on any atom is -0.382 e. The summed E-state index contributed by atoms with van der Waals surface area (Å²) >= 11 is 0. The normalized spacial score (nSPS) is 12.3. The monoisotopic (exact) mass is 217 g/mol. The molecule has 0 aliphatic rings. The first kappa shape index (κ1) is 10.5. The number of anilines is 2. The summed E-state index contributed by atoms with van der Waals surface area (Å²) < 4.78 is 1.88. The largest absolute Gasteiger partial charge is 0.382 e. The van der Waals surface area contributed by atoms with E-state index in [-0.39, 0.29) is 6.04 Å². The molecule has 0 saturated carbocycles. The smallest absolute Gasteiger partial charge is 0.146 e.